The monoisotopic (exact) mass is 260 g/mol. The second-order valence-electron chi connectivity index (χ2n) is 5.67. The third kappa shape index (κ3) is 3.57. The van der Waals surface area contributed by atoms with Crippen LogP contribution < -0.4 is 5.32 Å². The van der Waals surface area contributed by atoms with E-state index in [9.17, 15) is 4.79 Å². The van der Waals surface area contributed by atoms with E-state index in [4.69, 9.17) is 0 Å². The van der Waals surface area contributed by atoms with Gasteiger partial charge in [0.15, 0.2) is 0 Å². The number of hydrogen-bond donors (Lipinski definition) is 1. The Morgan fingerprint density at radius 3 is 2.63 bits per heavy atom. The molecule has 0 saturated carbocycles. The molecule has 0 bridgehead atoms. The molecular formula is C16H24N2O. The highest BCUT2D eigenvalue weighted by Crippen LogP contribution is 2.17. The average molecular weight is 260 g/mol. The van der Waals surface area contributed by atoms with Crippen molar-refractivity contribution in [2.75, 3.05) is 19.6 Å². The number of piperazine rings is 1. The predicted octanol–water partition coefficient (Wildman–Crippen LogP) is 2.17. The summed E-state index contributed by atoms with van der Waals surface area (Å²) in [6.45, 7) is 8.70. The minimum absolute atomic E-state index is 0.185. The van der Waals surface area contributed by atoms with E-state index in [-0.39, 0.29) is 11.9 Å². The molecule has 1 saturated heterocycles. The zero-order chi connectivity index (χ0) is 13.8. The van der Waals surface area contributed by atoms with Gasteiger partial charge in [-0.1, -0.05) is 38.1 Å². The molecule has 1 aliphatic rings. The van der Waals surface area contributed by atoms with Gasteiger partial charge in [-0.25, -0.2) is 0 Å². The highest BCUT2D eigenvalue weighted by atomic mass is 16.2. The molecule has 0 aromatic heterocycles. The van der Waals surface area contributed by atoms with Gasteiger partial charge in [0.05, 0.1) is 0 Å². The Morgan fingerprint density at radius 1 is 1.37 bits per heavy atom. The fourth-order valence-electron chi connectivity index (χ4n) is 2.67. The van der Waals surface area contributed by atoms with Crippen molar-refractivity contribution in [1.82, 2.24) is 10.2 Å². The van der Waals surface area contributed by atoms with Gasteiger partial charge in [0.25, 0.3) is 0 Å². The molecule has 1 fully saturated rings. The molecule has 2 rings (SSSR count). The van der Waals surface area contributed by atoms with E-state index in [1.807, 2.05) is 4.90 Å². The summed E-state index contributed by atoms with van der Waals surface area (Å²) in [4.78, 5) is 13.6. The Labute approximate surface area is 116 Å². The lowest BCUT2D eigenvalue weighted by atomic mass is 9.98. The smallest absolute Gasteiger partial charge is 0.219 e. The van der Waals surface area contributed by atoms with Gasteiger partial charge in [0, 0.05) is 32.6 Å². The maximum Gasteiger partial charge on any atom is 0.219 e. The first-order valence-electron chi connectivity index (χ1n) is 7.14. The van der Waals surface area contributed by atoms with Crippen LogP contribution in [-0.2, 0) is 11.2 Å². The van der Waals surface area contributed by atoms with Crippen molar-refractivity contribution in [2.24, 2.45) is 0 Å². The Morgan fingerprint density at radius 2 is 2.05 bits per heavy atom. The summed E-state index contributed by atoms with van der Waals surface area (Å²) in [6.07, 6.45) is 0.935. The molecule has 1 aliphatic heterocycles. The number of rotatable bonds is 3. The van der Waals surface area contributed by atoms with Crippen LogP contribution in [0.3, 0.4) is 0 Å². The standard InChI is InChI=1S/C16H24N2O/c1-12(2)15-6-4-14(5-7-15)10-16-11-17-8-9-18(16)13(3)19/h4-7,12,16-17H,8-11H2,1-3H3. The van der Waals surface area contributed by atoms with Crippen LogP contribution in [0.1, 0.15) is 37.8 Å². The summed E-state index contributed by atoms with van der Waals surface area (Å²) in [5.41, 5.74) is 2.68. The lowest BCUT2D eigenvalue weighted by molar-refractivity contribution is -0.131. The second kappa shape index (κ2) is 6.20. The number of nitrogens with one attached hydrogen (secondary N) is 1. The van der Waals surface area contributed by atoms with Crippen LogP contribution in [0.5, 0.6) is 0 Å². The summed E-state index contributed by atoms with van der Waals surface area (Å²) >= 11 is 0. The van der Waals surface area contributed by atoms with E-state index in [1.54, 1.807) is 6.92 Å². The van der Waals surface area contributed by atoms with Gasteiger partial charge >= 0.3 is 0 Å². The summed E-state index contributed by atoms with van der Waals surface area (Å²) in [6, 6.07) is 9.09. The number of carbonyl (C=O) groups is 1. The molecule has 1 unspecified atom stereocenters. The fraction of sp³-hybridized carbons (Fsp3) is 0.562. The first kappa shape index (κ1) is 14.1. The van der Waals surface area contributed by atoms with E-state index in [0.717, 1.165) is 26.1 Å². The lowest BCUT2D eigenvalue weighted by Gasteiger charge is -2.35. The summed E-state index contributed by atoms with van der Waals surface area (Å²) in [7, 11) is 0. The second-order valence-corrected chi connectivity index (χ2v) is 5.67. The van der Waals surface area contributed by atoms with Crippen LogP contribution in [0, 0.1) is 0 Å². The largest absolute Gasteiger partial charge is 0.337 e. The first-order chi connectivity index (χ1) is 9.08. The van der Waals surface area contributed by atoms with Crippen LogP contribution in [-0.4, -0.2) is 36.5 Å². The van der Waals surface area contributed by atoms with Crippen LogP contribution in [0.2, 0.25) is 0 Å². The zero-order valence-electron chi connectivity index (χ0n) is 12.1. The van der Waals surface area contributed by atoms with Crippen molar-refractivity contribution in [3.63, 3.8) is 0 Å². The van der Waals surface area contributed by atoms with E-state index in [1.165, 1.54) is 11.1 Å². The van der Waals surface area contributed by atoms with E-state index in [0.29, 0.717) is 5.92 Å². The average Bonchev–Trinajstić information content (AvgIpc) is 2.39. The van der Waals surface area contributed by atoms with Crippen LogP contribution in [0.25, 0.3) is 0 Å². The highest BCUT2D eigenvalue weighted by Gasteiger charge is 2.24. The topological polar surface area (TPSA) is 32.3 Å². The third-order valence-electron chi connectivity index (χ3n) is 3.87. The highest BCUT2D eigenvalue weighted by molar-refractivity contribution is 5.73. The van der Waals surface area contributed by atoms with Gasteiger partial charge in [-0.15, -0.1) is 0 Å². The molecule has 0 radical (unpaired) electrons. The molecule has 1 heterocycles. The van der Waals surface area contributed by atoms with Gasteiger partial charge in [-0.05, 0) is 23.5 Å². The van der Waals surface area contributed by atoms with Crippen LogP contribution in [0.15, 0.2) is 24.3 Å². The minimum atomic E-state index is 0.185. The van der Waals surface area contributed by atoms with E-state index >= 15 is 0 Å². The van der Waals surface area contributed by atoms with Crippen molar-refractivity contribution in [3.8, 4) is 0 Å². The molecule has 1 amide bonds. The molecular weight excluding hydrogens is 236 g/mol. The number of hydrogen-bond acceptors (Lipinski definition) is 2. The predicted molar refractivity (Wildman–Crippen MR) is 78.3 cm³/mol. The maximum atomic E-state index is 11.6. The van der Waals surface area contributed by atoms with E-state index in [2.05, 4.69) is 43.4 Å². The van der Waals surface area contributed by atoms with Gasteiger partial charge in [-0.3, -0.25) is 4.79 Å². The van der Waals surface area contributed by atoms with Crippen molar-refractivity contribution in [1.29, 1.82) is 0 Å². The van der Waals surface area contributed by atoms with Gasteiger partial charge in [0.1, 0.15) is 0 Å². The van der Waals surface area contributed by atoms with Crippen LogP contribution in [0.4, 0.5) is 0 Å². The molecule has 3 nitrogen and oxygen atoms in total. The molecule has 104 valence electrons. The number of nitrogens with zero attached hydrogens (tertiary/aromatic N) is 1. The first-order valence-corrected chi connectivity index (χ1v) is 7.14. The Hall–Kier alpha value is -1.35. The van der Waals surface area contributed by atoms with Crippen molar-refractivity contribution >= 4 is 5.91 Å². The van der Waals surface area contributed by atoms with Gasteiger partial charge in [0.2, 0.25) is 5.91 Å². The molecule has 1 atom stereocenters. The van der Waals surface area contributed by atoms with Crippen molar-refractivity contribution in [2.45, 2.75) is 39.2 Å². The molecule has 1 aromatic carbocycles. The van der Waals surface area contributed by atoms with Gasteiger partial charge in [-0.2, -0.15) is 0 Å². The normalized spacial score (nSPS) is 19.8. The van der Waals surface area contributed by atoms with Crippen LogP contribution >= 0.6 is 0 Å². The molecule has 3 heteroatoms. The Bertz CT molecular complexity index is 425. The molecule has 1 aromatic rings. The Balaban J connectivity index is 2.04. The van der Waals surface area contributed by atoms with E-state index < -0.39 is 0 Å². The lowest BCUT2D eigenvalue weighted by Crippen LogP contribution is -2.53. The fourth-order valence-corrected chi connectivity index (χ4v) is 2.67. The van der Waals surface area contributed by atoms with Crippen molar-refractivity contribution < 1.29 is 4.79 Å². The molecule has 1 N–H and O–H groups in total. The third-order valence-corrected chi connectivity index (χ3v) is 3.87. The Kier molecular flexibility index (Phi) is 4.59. The minimum Gasteiger partial charge on any atom is -0.337 e. The maximum absolute atomic E-state index is 11.6. The van der Waals surface area contributed by atoms with Gasteiger partial charge < -0.3 is 10.2 Å². The SMILES string of the molecule is CC(=O)N1CCNCC1Cc1ccc(C(C)C)cc1. The summed E-state index contributed by atoms with van der Waals surface area (Å²) in [5.74, 6) is 0.754. The number of amides is 1. The molecule has 0 spiro atoms. The zero-order valence-corrected chi connectivity index (χ0v) is 12.1. The summed E-state index contributed by atoms with van der Waals surface area (Å²) < 4.78 is 0. The van der Waals surface area contributed by atoms with Crippen molar-refractivity contribution in [3.05, 3.63) is 35.4 Å². The molecule has 19 heavy (non-hydrogen) atoms. The summed E-state index contributed by atoms with van der Waals surface area (Å²) in [5, 5.41) is 3.38. The quantitative estimate of drug-likeness (QED) is 0.903. The number of carbonyl (C=O) groups excluding carboxylic acids is 1. The number of benzene rings is 1. The molecule has 0 aliphatic carbocycles.